The Morgan fingerprint density at radius 2 is 2.10 bits per heavy atom. The first kappa shape index (κ1) is 16.2. The molecule has 0 radical (unpaired) electrons. The van der Waals surface area contributed by atoms with Crippen molar-refractivity contribution in [1.82, 2.24) is 9.71 Å². The van der Waals surface area contributed by atoms with E-state index in [0.717, 1.165) is 19.3 Å². The van der Waals surface area contributed by atoms with Gasteiger partial charge < -0.3 is 5.32 Å². The molecule has 3 unspecified atom stereocenters. The van der Waals surface area contributed by atoms with Gasteiger partial charge in [-0.3, -0.25) is 4.98 Å². The zero-order valence-corrected chi connectivity index (χ0v) is 13.8. The van der Waals surface area contributed by atoms with Crippen LogP contribution >= 0.6 is 0 Å². The minimum atomic E-state index is -3.54. The minimum Gasteiger partial charge on any atom is -0.384 e. The Morgan fingerprint density at radius 1 is 1.33 bits per heavy atom. The molecule has 21 heavy (non-hydrogen) atoms. The number of hydrogen-bond acceptors (Lipinski definition) is 4. The lowest BCUT2D eigenvalue weighted by Gasteiger charge is -2.33. The molecule has 0 amide bonds. The molecule has 0 spiro atoms. The third kappa shape index (κ3) is 3.95. The summed E-state index contributed by atoms with van der Waals surface area (Å²) in [7, 11) is -3.54. The van der Waals surface area contributed by atoms with E-state index in [2.05, 4.69) is 28.9 Å². The molecule has 0 bridgehead atoms. The second kappa shape index (κ2) is 6.75. The van der Waals surface area contributed by atoms with E-state index in [1.807, 2.05) is 6.92 Å². The number of aromatic nitrogens is 1. The van der Waals surface area contributed by atoms with Crippen LogP contribution in [0.2, 0.25) is 0 Å². The Bertz CT molecular complexity index is 574. The summed E-state index contributed by atoms with van der Waals surface area (Å²) in [4.78, 5) is 4.19. The maximum atomic E-state index is 12.6. The average molecular weight is 311 g/mol. The van der Waals surface area contributed by atoms with Crippen molar-refractivity contribution in [1.29, 1.82) is 0 Å². The van der Waals surface area contributed by atoms with Gasteiger partial charge in [-0.05, 0) is 44.1 Å². The van der Waals surface area contributed by atoms with E-state index in [1.165, 1.54) is 6.20 Å². The van der Waals surface area contributed by atoms with E-state index < -0.39 is 10.0 Å². The summed E-state index contributed by atoms with van der Waals surface area (Å²) in [6.45, 7) is 6.96. The summed E-state index contributed by atoms with van der Waals surface area (Å²) in [5.41, 5.74) is 0.608. The number of nitrogens with one attached hydrogen (secondary N) is 2. The molecule has 0 aromatic carbocycles. The predicted molar refractivity (Wildman–Crippen MR) is 84.7 cm³/mol. The van der Waals surface area contributed by atoms with Gasteiger partial charge in [0.25, 0.3) is 0 Å². The molecular formula is C15H25N3O2S. The summed E-state index contributed by atoms with van der Waals surface area (Å²) >= 11 is 0. The van der Waals surface area contributed by atoms with E-state index in [0.29, 0.717) is 24.1 Å². The fourth-order valence-corrected chi connectivity index (χ4v) is 4.54. The molecule has 1 aromatic heterocycles. The van der Waals surface area contributed by atoms with E-state index >= 15 is 0 Å². The average Bonchev–Trinajstić information content (AvgIpc) is 2.43. The Hall–Kier alpha value is -1.14. The van der Waals surface area contributed by atoms with Crippen molar-refractivity contribution in [3.05, 3.63) is 18.5 Å². The van der Waals surface area contributed by atoms with Gasteiger partial charge in [0.1, 0.15) is 4.90 Å². The fraction of sp³-hybridized carbons (Fsp3) is 0.667. The molecule has 6 heteroatoms. The summed E-state index contributed by atoms with van der Waals surface area (Å²) < 4.78 is 28.1. The summed E-state index contributed by atoms with van der Waals surface area (Å²) in [6.07, 6.45) is 6.06. The van der Waals surface area contributed by atoms with Crippen LogP contribution in [0.1, 0.15) is 40.0 Å². The molecular weight excluding hydrogens is 286 g/mol. The Morgan fingerprint density at radius 3 is 2.76 bits per heavy atom. The van der Waals surface area contributed by atoms with Crippen molar-refractivity contribution in [2.75, 3.05) is 11.9 Å². The molecule has 5 nitrogen and oxygen atoms in total. The van der Waals surface area contributed by atoms with Crippen LogP contribution in [0.3, 0.4) is 0 Å². The summed E-state index contributed by atoms with van der Waals surface area (Å²) in [6, 6.07) is 1.71. The minimum absolute atomic E-state index is 0.0147. The normalized spacial score (nSPS) is 26.5. The molecule has 0 saturated heterocycles. The Kier molecular flexibility index (Phi) is 5.22. The number of anilines is 1. The van der Waals surface area contributed by atoms with Crippen molar-refractivity contribution in [3.8, 4) is 0 Å². The Balaban J connectivity index is 2.19. The smallest absolute Gasteiger partial charge is 0.244 e. The van der Waals surface area contributed by atoms with E-state index in [-0.39, 0.29) is 10.9 Å². The van der Waals surface area contributed by atoms with Crippen molar-refractivity contribution in [2.24, 2.45) is 11.8 Å². The van der Waals surface area contributed by atoms with Crippen molar-refractivity contribution < 1.29 is 8.42 Å². The predicted octanol–water partition coefficient (Wildman–Crippen LogP) is 2.62. The highest BCUT2D eigenvalue weighted by Gasteiger charge is 2.30. The molecule has 2 rings (SSSR count). The number of pyridine rings is 1. The standard InChI is InChI=1S/C15H25N3O2S/c1-4-17-14-7-8-16-10-15(14)21(19,20)18-13-6-5-11(2)9-12(13)3/h7-8,10-13,18H,4-6,9H2,1-3H3,(H,16,17). The first-order valence-electron chi connectivity index (χ1n) is 7.64. The van der Waals surface area contributed by atoms with Crippen LogP contribution in [0.4, 0.5) is 5.69 Å². The quantitative estimate of drug-likeness (QED) is 0.877. The summed E-state index contributed by atoms with van der Waals surface area (Å²) in [5, 5.41) is 3.08. The lowest BCUT2D eigenvalue weighted by molar-refractivity contribution is 0.249. The van der Waals surface area contributed by atoms with Crippen LogP contribution in [0, 0.1) is 11.8 Å². The topological polar surface area (TPSA) is 71.1 Å². The van der Waals surface area contributed by atoms with Gasteiger partial charge in [-0.2, -0.15) is 0 Å². The molecule has 3 atom stereocenters. The summed E-state index contributed by atoms with van der Waals surface area (Å²) in [5.74, 6) is 1.04. The Labute approximate surface area is 127 Å². The second-order valence-corrected chi connectivity index (χ2v) is 7.71. The van der Waals surface area contributed by atoms with E-state index in [4.69, 9.17) is 0 Å². The van der Waals surface area contributed by atoms with Crippen LogP contribution in [0.15, 0.2) is 23.4 Å². The van der Waals surface area contributed by atoms with Crippen LogP contribution < -0.4 is 10.0 Å². The highest BCUT2D eigenvalue weighted by atomic mass is 32.2. The van der Waals surface area contributed by atoms with Gasteiger partial charge in [0.05, 0.1) is 5.69 Å². The third-order valence-electron chi connectivity index (χ3n) is 4.18. The lowest BCUT2D eigenvalue weighted by Crippen LogP contribution is -2.42. The second-order valence-electron chi connectivity index (χ2n) is 6.03. The SMILES string of the molecule is CCNc1ccncc1S(=O)(=O)NC1CCC(C)CC1C. The van der Waals surface area contributed by atoms with Crippen LogP contribution in [0.5, 0.6) is 0 Å². The maximum absolute atomic E-state index is 12.6. The zero-order chi connectivity index (χ0) is 15.5. The maximum Gasteiger partial charge on any atom is 0.244 e. The van der Waals surface area contributed by atoms with Crippen LogP contribution in [-0.4, -0.2) is 26.0 Å². The molecule has 2 N–H and O–H groups in total. The van der Waals surface area contributed by atoms with E-state index in [1.54, 1.807) is 12.3 Å². The number of rotatable bonds is 5. The van der Waals surface area contributed by atoms with Gasteiger partial charge in [-0.25, -0.2) is 13.1 Å². The van der Waals surface area contributed by atoms with Gasteiger partial charge in [0, 0.05) is 25.0 Å². The first-order valence-corrected chi connectivity index (χ1v) is 9.12. The molecule has 1 aliphatic carbocycles. The van der Waals surface area contributed by atoms with Gasteiger partial charge in [0.2, 0.25) is 10.0 Å². The molecule has 1 saturated carbocycles. The number of nitrogens with zero attached hydrogens (tertiary/aromatic N) is 1. The molecule has 1 aromatic rings. The molecule has 1 heterocycles. The lowest BCUT2D eigenvalue weighted by atomic mass is 9.80. The van der Waals surface area contributed by atoms with Crippen LogP contribution in [0.25, 0.3) is 0 Å². The third-order valence-corrected chi connectivity index (χ3v) is 5.70. The van der Waals surface area contributed by atoms with Crippen molar-refractivity contribution >= 4 is 15.7 Å². The largest absolute Gasteiger partial charge is 0.384 e. The molecule has 118 valence electrons. The first-order chi connectivity index (χ1) is 9.94. The highest BCUT2D eigenvalue weighted by molar-refractivity contribution is 7.89. The molecule has 1 fully saturated rings. The number of hydrogen-bond donors (Lipinski definition) is 2. The van der Waals surface area contributed by atoms with Crippen molar-refractivity contribution in [2.45, 2.75) is 51.0 Å². The fourth-order valence-electron chi connectivity index (χ4n) is 3.03. The van der Waals surface area contributed by atoms with Gasteiger partial charge in [-0.1, -0.05) is 13.8 Å². The monoisotopic (exact) mass is 311 g/mol. The van der Waals surface area contributed by atoms with Gasteiger partial charge in [-0.15, -0.1) is 0 Å². The zero-order valence-electron chi connectivity index (χ0n) is 13.0. The molecule has 1 aliphatic rings. The van der Waals surface area contributed by atoms with Crippen molar-refractivity contribution in [3.63, 3.8) is 0 Å². The number of sulfonamides is 1. The van der Waals surface area contributed by atoms with Gasteiger partial charge in [0.15, 0.2) is 0 Å². The van der Waals surface area contributed by atoms with E-state index in [9.17, 15) is 8.42 Å². The highest BCUT2D eigenvalue weighted by Crippen LogP contribution is 2.30. The molecule has 0 aliphatic heterocycles. The van der Waals surface area contributed by atoms with Crippen LogP contribution in [-0.2, 0) is 10.0 Å². The van der Waals surface area contributed by atoms with Gasteiger partial charge >= 0.3 is 0 Å².